The Labute approximate surface area is 225 Å². The van der Waals surface area contributed by atoms with E-state index < -0.39 is 48.4 Å². The van der Waals surface area contributed by atoms with Crippen molar-refractivity contribution in [1.29, 1.82) is 0 Å². The Kier molecular flexibility index (Phi) is 10.7. The molecule has 7 N–H and O–H groups in total. The van der Waals surface area contributed by atoms with E-state index in [1.54, 1.807) is 42.2 Å². The molecule has 0 radical (unpaired) electrons. The highest BCUT2D eigenvalue weighted by Gasteiger charge is 2.26. The van der Waals surface area contributed by atoms with Crippen molar-refractivity contribution in [2.45, 2.75) is 37.4 Å². The van der Waals surface area contributed by atoms with E-state index in [-0.39, 0.29) is 12.8 Å². The number of aromatic nitrogens is 1. The van der Waals surface area contributed by atoms with Crippen LogP contribution in [0.2, 0.25) is 0 Å². The van der Waals surface area contributed by atoms with Gasteiger partial charge in [0.1, 0.15) is 12.1 Å². The fraction of sp³-hybridized carbons (Fsp3) is 0.333. The van der Waals surface area contributed by atoms with Crippen molar-refractivity contribution in [3.05, 3.63) is 71.9 Å². The standard InChI is InChI=1S/C27H33N5O5S/c1-38-12-11-20(28)25(34)32-22(14-18-15-29-21-10-6-5-9-19(18)21)26(35)30-16-24(33)31-23(27(36)37)13-17-7-3-2-4-8-17/h2-10,15,20,22-23,29H,11-14,16,28H2,1H3,(H,30,35)(H,31,33)(H,32,34)(H,36,37). The fourth-order valence-corrected chi connectivity index (χ4v) is 4.46. The van der Waals surface area contributed by atoms with Crippen LogP contribution >= 0.6 is 11.8 Å². The van der Waals surface area contributed by atoms with E-state index in [4.69, 9.17) is 5.73 Å². The van der Waals surface area contributed by atoms with Gasteiger partial charge in [0.25, 0.3) is 0 Å². The maximum atomic E-state index is 13.1. The maximum Gasteiger partial charge on any atom is 0.326 e. The number of aromatic amines is 1. The van der Waals surface area contributed by atoms with E-state index >= 15 is 0 Å². The maximum absolute atomic E-state index is 13.1. The normalized spacial score (nSPS) is 13.3. The number of rotatable bonds is 14. The van der Waals surface area contributed by atoms with Crippen LogP contribution in [0.3, 0.4) is 0 Å². The number of nitrogens with two attached hydrogens (primary N) is 1. The minimum Gasteiger partial charge on any atom is -0.480 e. The number of thioether (sulfide) groups is 1. The lowest BCUT2D eigenvalue weighted by atomic mass is 10.0. The molecule has 3 atom stereocenters. The quantitative estimate of drug-likeness (QED) is 0.179. The van der Waals surface area contributed by atoms with Crippen molar-refractivity contribution in [2.75, 3.05) is 18.6 Å². The predicted molar refractivity (Wildman–Crippen MR) is 148 cm³/mol. The van der Waals surface area contributed by atoms with Gasteiger partial charge in [0.2, 0.25) is 17.7 Å². The number of hydrogen-bond acceptors (Lipinski definition) is 6. The zero-order chi connectivity index (χ0) is 27.5. The Morgan fingerprint density at radius 2 is 1.66 bits per heavy atom. The molecule has 202 valence electrons. The van der Waals surface area contributed by atoms with Crippen molar-refractivity contribution >= 4 is 46.4 Å². The van der Waals surface area contributed by atoms with Gasteiger partial charge in [-0.05, 0) is 35.6 Å². The van der Waals surface area contributed by atoms with Crippen molar-refractivity contribution in [2.24, 2.45) is 5.73 Å². The van der Waals surface area contributed by atoms with E-state index in [1.807, 2.05) is 36.6 Å². The summed E-state index contributed by atoms with van der Waals surface area (Å²) in [5.41, 5.74) is 8.46. The van der Waals surface area contributed by atoms with Crippen molar-refractivity contribution < 1.29 is 24.3 Å². The van der Waals surface area contributed by atoms with Crippen LogP contribution in [-0.2, 0) is 32.0 Å². The number of nitrogens with one attached hydrogen (secondary N) is 4. The lowest BCUT2D eigenvalue weighted by molar-refractivity contribution is -0.141. The molecule has 0 aliphatic carbocycles. The first-order valence-electron chi connectivity index (χ1n) is 12.2. The summed E-state index contributed by atoms with van der Waals surface area (Å²) in [5.74, 6) is -2.18. The average Bonchev–Trinajstić information content (AvgIpc) is 3.32. The molecule has 1 aromatic heterocycles. The summed E-state index contributed by atoms with van der Waals surface area (Å²) >= 11 is 1.57. The molecule has 0 fully saturated rings. The molecule has 2 aromatic carbocycles. The van der Waals surface area contributed by atoms with Crippen LogP contribution in [0.5, 0.6) is 0 Å². The summed E-state index contributed by atoms with van der Waals surface area (Å²) in [5, 5.41) is 18.1. The van der Waals surface area contributed by atoms with E-state index in [0.29, 0.717) is 12.2 Å². The molecule has 0 bridgehead atoms. The zero-order valence-corrected chi connectivity index (χ0v) is 21.9. The third-order valence-electron chi connectivity index (χ3n) is 6.04. The number of carbonyl (C=O) groups excluding carboxylic acids is 3. The Hall–Kier alpha value is -3.83. The van der Waals surface area contributed by atoms with Gasteiger partial charge in [0.05, 0.1) is 12.6 Å². The first-order valence-corrected chi connectivity index (χ1v) is 13.6. The second-order valence-corrected chi connectivity index (χ2v) is 9.86. The van der Waals surface area contributed by atoms with E-state index in [2.05, 4.69) is 20.9 Å². The van der Waals surface area contributed by atoms with Gasteiger partial charge in [-0.3, -0.25) is 14.4 Å². The summed E-state index contributed by atoms with van der Waals surface area (Å²) in [6.07, 6.45) is 4.41. The lowest BCUT2D eigenvalue weighted by Crippen LogP contribution is -2.54. The number of amides is 3. The molecule has 1 heterocycles. The molecule has 0 saturated heterocycles. The number of para-hydroxylation sites is 1. The molecular formula is C27H33N5O5S. The summed E-state index contributed by atoms with van der Waals surface area (Å²) in [7, 11) is 0. The largest absolute Gasteiger partial charge is 0.480 e. The zero-order valence-electron chi connectivity index (χ0n) is 21.1. The second-order valence-electron chi connectivity index (χ2n) is 8.88. The van der Waals surface area contributed by atoms with Crippen LogP contribution in [0, 0.1) is 0 Å². The lowest BCUT2D eigenvalue weighted by Gasteiger charge is -2.21. The number of fused-ring (bicyclic) bond motifs is 1. The highest BCUT2D eigenvalue weighted by molar-refractivity contribution is 7.98. The van der Waals surface area contributed by atoms with E-state index in [0.717, 1.165) is 22.0 Å². The highest BCUT2D eigenvalue weighted by atomic mass is 32.2. The first kappa shape index (κ1) is 28.7. The molecule has 0 aliphatic rings. The van der Waals surface area contributed by atoms with Crippen LogP contribution in [-0.4, -0.2) is 70.5 Å². The van der Waals surface area contributed by atoms with Crippen LogP contribution in [0.25, 0.3) is 10.9 Å². The molecule has 3 aromatic rings. The Bertz CT molecular complexity index is 1250. The smallest absolute Gasteiger partial charge is 0.326 e. The molecule has 11 heteroatoms. The van der Waals surface area contributed by atoms with Gasteiger partial charge >= 0.3 is 5.97 Å². The monoisotopic (exact) mass is 539 g/mol. The number of carboxylic acid groups (broad SMARTS) is 1. The summed E-state index contributed by atoms with van der Waals surface area (Å²) in [6.45, 7) is -0.448. The Balaban J connectivity index is 1.66. The minimum atomic E-state index is -1.18. The summed E-state index contributed by atoms with van der Waals surface area (Å²) in [4.78, 5) is 53.1. The highest BCUT2D eigenvalue weighted by Crippen LogP contribution is 2.19. The minimum absolute atomic E-state index is 0.100. The molecular weight excluding hydrogens is 506 g/mol. The number of benzene rings is 2. The van der Waals surface area contributed by atoms with Gasteiger partial charge in [-0.1, -0.05) is 48.5 Å². The molecule has 10 nitrogen and oxygen atoms in total. The molecule has 0 spiro atoms. The first-order chi connectivity index (χ1) is 18.3. The Morgan fingerprint density at radius 3 is 2.37 bits per heavy atom. The number of H-pyrrole nitrogens is 1. The summed E-state index contributed by atoms with van der Waals surface area (Å²) < 4.78 is 0. The van der Waals surface area contributed by atoms with Gasteiger partial charge < -0.3 is 31.8 Å². The van der Waals surface area contributed by atoms with Gasteiger partial charge in [0.15, 0.2) is 0 Å². The third-order valence-corrected chi connectivity index (χ3v) is 6.68. The van der Waals surface area contributed by atoms with Crippen LogP contribution in [0.15, 0.2) is 60.8 Å². The number of carboxylic acids is 1. The molecule has 0 saturated carbocycles. The van der Waals surface area contributed by atoms with E-state index in [9.17, 15) is 24.3 Å². The third kappa shape index (κ3) is 8.35. The van der Waals surface area contributed by atoms with Crippen LogP contribution < -0.4 is 21.7 Å². The topological polar surface area (TPSA) is 166 Å². The summed E-state index contributed by atoms with van der Waals surface area (Å²) in [6, 6.07) is 13.6. The Morgan fingerprint density at radius 1 is 0.947 bits per heavy atom. The van der Waals surface area contributed by atoms with E-state index in [1.165, 1.54) is 0 Å². The molecule has 38 heavy (non-hydrogen) atoms. The van der Waals surface area contributed by atoms with Crippen LogP contribution in [0.4, 0.5) is 0 Å². The SMILES string of the molecule is CSCCC(N)C(=O)NC(Cc1c[nH]c2ccccc12)C(=O)NCC(=O)NC(Cc1ccccc1)C(=O)O. The van der Waals surface area contributed by atoms with Gasteiger partial charge in [-0.25, -0.2) is 4.79 Å². The van der Waals surface area contributed by atoms with Crippen molar-refractivity contribution in [1.82, 2.24) is 20.9 Å². The van der Waals surface area contributed by atoms with Gasteiger partial charge in [-0.2, -0.15) is 11.8 Å². The number of hydrogen-bond donors (Lipinski definition) is 6. The fourth-order valence-electron chi connectivity index (χ4n) is 3.97. The molecule has 0 aliphatic heterocycles. The molecule has 3 rings (SSSR count). The molecule has 3 amide bonds. The van der Waals surface area contributed by atoms with Gasteiger partial charge in [-0.15, -0.1) is 0 Å². The van der Waals surface area contributed by atoms with Crippen molar-refractivity contribution in [3.63, 3.8) is 0 Å². The van der Waals surface area contributed by atoms with Crippen LogP contribution in [0.1, 0.15) is 17.5 Å². The number of aliphatic carboxylic acids is 1. The number of carbonyl (C=O) groups is 4. The molecule has 3 unspecified atom stereocenters. The second kappa shape index (κ2) is 14.2. The average molecular weight is 540 g/mol. The predicted octanol–water partition coefficient (Wildman–Crippen LogP) is 1.20. The van der Waals surface area contributed by atoms with Gasteiger partial charge in [0, 0.05) is 29.9 Å². The van der Waals surface area contributed by atoms with Crippen molar-refractivity contribution in [3.8, 4) is 0 Å².